The van der Waals surface area contributed by atoms with Crippen LogP contribution in [0.4, 0.5) is 11.4 Å². The molecule has 2 aromatic carbocycles. The number of non-ortho nitro benzene ring substituents is 2. The Morgan fingerprint density at radius 1 is 0.792 bits per heavy atom. The van der Waals surface area contributed by atoms with E-state index >= 15 is 0 Å². The van der Waals surface area contributed by atoms with Crippen LogP contribution in [0.1, 0.15) is 49.7 Å². The zero-order valence-electron chi connectivity index (χ0n) is 13.6. The van der Waals surface area contributed by atoms with Crippen molar-refractivity contribution in [2.45, 2.75) is 38.5 Å². The Hall–Kier alpha value is -2.76. The molecule has 6 heteroatoms. The largest absolute Gasteiger partial charge is 0.269 e. The monoisotopic (exact) mass is 328 g/mol. The van der Waals surface area contributed by atoms with Crippen LogP contribution in [0.3, 0.4) is 0 Å². The van der Waals surface area contributed by atoms with Crippen LogP contribution in [0.2, 0.25) is 0 Å². The normalized spacial score (nSPS) is 10.8. The van der Waals surface area contributed by atoms with E-state index in [1.165, 1.54) is 24.3 Å². The van der Waals surface area contributed by atoms with Crippen LogP contribution in [0.15, 0.2) is 48.5 Å². The molecule has 0 heterocycles. The summed E-state index contributed by atoms with van der Waals surface area (Å²) in [7, 11) is 0. The molecule has 0 fully saturated rings. The lowest BCUT2D eigenvalue weighted by Gasteiger charge is -2.18. The third-order valence-electron chi connectivity index (χ3n) is 4.11. The van der Waals surface area contributed by atoms with E-state index in [9.17, 15) is 20.2 Å². The molecular formula is C18H20N2O4. The van der Waals surface area contributed by atoms with E-state index in [-0.39, 0.29) is 17.3 Å². The molecular weight excluding hydrogens is 308 g/mol. The van der Waals surface area contributed by atoms with Crippen molar-refractivity contribution in [3.63, 3.8) is 0 Å². The third kappa shape index (κ3) is 4.38. The van der Waals surface area contributed by atoms with Gasteiger partial charge in [0.25, 0.3) is 11.4 Å². The van der Waals surface area contributed by atoms with Crippen molar-refractivity contribution in [3.05, 3.63) is 79.9 Å². The Morgan fingerprint density at radius 3 is 1.54 bits per heavy atom. The molecule has 0 radical (unpaired) electrons. The average Bonchev–Trinajstić information content (AvgIpc) is 2.59. The van der Waals surface area contributed by atoms with Crippen molar-refractivity contribution >= 4 is 11.4 Å². The van der Waals surface area contributed by atoms with Crippen molar-refractivity contribution in [1.82, 2.24) is 0 Å². The second-order valence-electron chi connectivity index (χ2n) is 5.75. The van der Waals surface area contributed by atoms with Crippen LogP contribution in [-0.4, -0.2) is 9.85 Å². The van der Waals surface area contributed by atoms with E-state index in [1.54, 1.807) is 24.3 Å². The second kappa shape index (κ2) is 8.19. The molecule has 0 aliphatic heterocycles. The highest BCUT2D eigenvalue weighted by Crippen LogP contribution is 2.32. The topological polar surface area (TPSA) is 86.3 Å². The SMILES string of the molecule is CCCCCC(c1ccc([N+](=O)[O-])cc1)c1ccc([N+](=O)[O-])cc1. The van der Waals surface area contributed by atoms with Gasteiger partial charge in [0.05, 0.1) is 9.85 Å². The van der Waals surface area contributed by atoms with Gasteiger partial charge in [-0.15, -0.1) is 0 Å². The molecule has 0 aliphatic rings. The maximum Gasteiger partial charge on any atom is 0.269 e. The molecule has 6 nitrogen and oxygen atoms in total. The number of nitrogens with zero attached hydrogens (tertiary/aromatic N) is 2. The van der Waals surface area contributed by atoms with Gasteiger partial charge in [-0.1, -0.05) is 50.5 Å². The Bertz CT molecular complexity index is 638. The van der Waals surface area contributed by atoms with Gasteiger partial charge >= 0.3 is 0 Å². The summed E-state index contributed by atoms with van der Waals surface area (Å²) in [5, 5.41) is 21.6. The standard InChI is InChI=1S/C18H20N2O4/c1-2-3-4-5-18(14-6-10-16(11-7-14)19(21)22)15-8-12-17(13-9-15)20(23)24/h6-13,18H,2-5H2,1H3. The zero-order chi connectivity index (χ0) is 17.5. The number of benzene rings is 2. The van der Waals surface area contributed by atoms with Crippen LogP contribution < -0.4 is 0 Å². The van der Waals surface area contributed by atoms with Gasteiger partial charge < -0.3 is 0 Å². The van der Waals surface area contributed by atoms with Gasteiger partial charge in [0.15, 0.2) is 0 Å². The lowest BCUT2D eigenvalue weighted by atomic mass is 9.86. The highest BCUT2D eigenvalue weighted by molar-refractivity contribution is 5.41. The summed E-state index contributed by atoms with van der Waals surface area (Å²) < 4.78 is 0. The first-order valence-electron chi connectivity index (χ1n) is 8.01. The molecule has 0 saturated heterocycles. The smallest absolute Gasteiger partial charge is 0.258 e. The van der Waals surface area contributed by atoms with Crippen molar-refractivity contribution in [2.24, 2.45) is 0 Å². The van der Waals surface area contributed by atoms with Crippen molar-refractivity contribution in [2.75, 3.05) is 0 Å². The van der Waals surface area contributed by atoms with Crippen molar-refractivity contribution in [3.8, 4) is 0 Å². The molecule has 0 bridgehead atoms. The number of hydrogen-bond acceptors (Lipinski definition) is 4. The van der Waals surface area contributed by atoms with E-state index in [0.29, 0.717) is 0 Å². The van der Waals surface area contributed by atoms with Gasteiger partial charge in [0.2, 0.25) is 0 Å². The molecule has 2 aromatic rings. The van der Waals surface area contributed by atoms with Gasteiger partial charge in [0.1, 0.15) is 0 Å². The molecule has 0 spiro atoms. The van der Waals surface area contributed by atoms with Crippen LogP contribution in [0, 0.1) is 20.2 Å². The van der Waals surface area contributed by atoms with E-state index in [1.807, 2.05) is 0 Å². The molecule has 0 N–H and O–H groups in total. The van der Waals surface area contributed by atoms with Gasteiger partial charge in [-0.05, 0) is 17.5 Å². The third-order valence-corrected chi connectivity index (χ3v) is 4.11. The van der Waals surface area contributed by atoms with E-state index in [2.05, 4.69) is 6.92 Å². The number of hydrogen-bond donors (Lipinski definition) is 0. The molecule has 0 aromatic heterocycles. The second-order valence-corrected chi connectivity index (χ2v) is 5.75. The lowest BCUT2D eigenvalue weighted by Crippen LogP contribution is -2.02. The van der Waals surface area contributed by atoms with E-state index < -0.39 is 9.85 Å². The van der Waals surface area contributed by atoms with E-state index in [4.69, 9.17) is 0 Å². The van der Waals surface area contributed by atoms with Gasteiger partial charge in [-0.3, -0.25) is 20.2 Å². The van der Waals surface area contributed by atoms with Crippen LogP contribution in [0.5, 0.6) is 0 Å². The molecule has 0 amide bonds. The lowest BCUT2D eigenvalue weighted by molar-refractivity contribution is -0.385. The predicted molar refractivity (Wildman–Crippen MR) is 92.2 cm³/mol. The fraction of sp³-hybridized carbons (Fsp3) is 0.333. The Balaban J connectivity index is 2.29. The van der Waals surface area contributed by atoms with Gasteiger partial charge in [-0.25, -0.2) is 0 Å². The van der Waals surface area contributed by atoms with Crippen molar-refractivity contribution < 1.29 is 9.85 Å². The molecule has 0 saturated carbocycles. The van der Waals surface area contributed by atoms with Crippen LogP contribution in [-0.2, 0) is 0 Å². The fourth-order valence-electron chi connectivity index (χ4n) is 2.78. The highest BCUT2D eigenvalue weighted by atomic mass is 16.6. The molecule has 0 atom stereocenters. The number of rotatable bonds is 8. The summed E-state index contributed by atoms with van der Waals surface area (Å²) in [5.41, 5.74) is 2.11. The number of nitro benzene ring substituents is 2. The highest BCUT2D eigenvalue weighted by Gasteiger charge is 2.16. The molecule has 0 aliphatic carbocycles. The van der Waals surface area contributed by atoms with E-state index in [0.717, 1.165) is 36.8 Å². The van der Waals surface area contributed by atoms with Crippen molar-refractivity contribution in [1.29, 1.82) is 0 Å². The Labute approximate surface area is 140 Å². The molecule has 126 valence electrons. The average molecular weight is 328 g/mol. The summed E-state index contributed by atoms with van der Waals surface area (Å²) in [5.74, 6) is 0.0816. The van der Waals surface area contributed by atoms with Gasteiger partial charge in [0, 0.05) is 30.2 Å². The summed E-state index contributed by atoms with van der Waals surface area (Å²) in [6.07, 6.45) is 4.16. The Kier molecular flexibility index (Phi) is 6.01. The first-order chi connectivity index (χ1) is 11.5. The molecule has 0 unspecified atom stereocenters. The van der Waals surface area contributed by atoms with Crippen LogP contribution >= 0.6 is 0 Å². The van der Waals surface area contributed by atoms with Gasteiger partial charge in [-0.2, -0.15) is 0 Å². The fourth-order valence-corrected chi connectivity index (χ4v) is 2.78. The first-order valence-corrected chi connectivity index (χ1v) is 8.01. The molecule has 2 rings (SSSR count). The minimum Gasteiger partial charge on any atom is -0.258 e. The zero-order valence-corrected chi connectivity index (χ0v) is 13.6. The summed E-state index contributed by atoms with van der Waals surface area (Å²) in [6.45, 7) is 2.13. The summed E-state index contributed by atoms with van der Waals surface area (Å²) in [6, 6.07) is 13.1. The number of nitro groups is 2. The number of unbranched alkanes of at least 4 members (excludes halogenated alkanes) is 2. The minimum absolute atomic E-state index is 0.0646. The molecule has 24 heavy (non-hydrogen) atoms. The maximum absolute atomic E-state index is 10.8. The minimum atomic E-state index is -0.415. The summed E-state index contributed by atoms with van der Waals surface area (Å²) >= 11 is 0. The maximum atomic E-state index is 10.8. The Morgan fingerprint density at radius 2 is 1.21 bits per heavy atom. The summed E-state index contributed by atoms with van der Waals surface area (Å²) in [4.78, 5) is 20.8. The first kappa shape index (κ1) is 17.6. The quantitative estimate of drug-likeness (QED) is 0.378. The van der Waals surface area contributed by atoms with Crippen LogP contribution in [0.25, 0.3) is 0 Å². The predicted octanol–water partition coefficient (Wildman–Crippen LogP) is 5.22.